The summed E-state index contributed by atoms with van der Waals surface area (Å²) in [6.45, 7) is 5.65. The van der Waals surface area contributed by atoms with Crippen LogP contribution in [0.5, 0.6) is 0 Å². The van der Waals surface area contributed by atoms with E-state index in [1.165, 1.54) is 18.2 Å². The number of carboxylic acid groups (broad SMARTS) is 1. The minimum absolute atomic E-state index is 0.176. The van der Waals surface area contributed by atoms with Gasteiger partial charge in [0.25, 0.3) is 10.0 Å². The fourth-order valence-electron chi connectivity index (χ4n) is 2.88. The molecule has 2 heterocycles. The van der Waals surface area contributed by atoms with Gasteiger partial charge in [-0.25, -0.2) is 22.2 Å². The van der Waals surface area contributed by atoms with Crippen molar-refractivity contribution in [3.63, 3.8) is 0 Å². The number of hydrogen-bond acceptors (Lipinski definition) is 4. The Morgan fingerprint density at radius 1 is 1.10 bits per heavy atom. The summed E-state index contributed by atoms with van der Waals surface area (Å²) in [6, 6.07) is 7.50. The summed E-state index contributed by atoms with van der Waals surface area (Å²) in [7, 11) is -4.41. The van der Waals surface area contributed by atoms with Gasteiger partial charge in [0.1, 0.15) is 11.4 Å². The van der Waals surface area contributed by atoms with Crippen LogP contribution in [-0.2, 0) is 21.6 Å². The number of pyridine rings is 1. The standard InChI is InChI=1S/C19H17F3N2O4S/c1-18(2,3)12-5-4-6-13(9-12)29(27,28)24-14(17(25)26)7-11-8-16(19(20,21)22)23-10-15(11)24/h4-10H,1-3H3,(H,25,26). The molecule has 0 saturated heterocycles. The van der Waals surface area contributed by atoms with Crippen molar-refractivity contribution in [1.82, 2.24) is 8.96 Å². The molecule has 0 aliphatic rings. The lowest BCUT2D eigenvalue weighted by atomic mass is 9.87. The zero-order chi connectivity index (χ0) is 21.8. The summed E-state index contributed by atoms with van der Waals surface area (Å²) in [5, 5.41) is 9.27. The van der Waals surface area contributed by atoms with Gasteiger partial charge in [-0.2, -0.15) is 13.2 Å². The normalized spacial score (nSPS) is 13.0. The van der Waals surface area contributed by atoms with Crippen LogP contribution in [0, 0.1) is 0 Å². The van der Waals surface area contributed by atoms with Crippen molar-refractivity contribution < 1.29 is 31.5 Å². The second kappa shape index (κ2) is 6.58. The molecule has 0 atom stereocenters. The van der Waals surface area contributed by atoms with E-state index in [9.17, 15) is 31.5 Å². The smallest absolute Gasteiger partial charge is 0.433 e. The Morgan fingerprint density at radius 2 is 1.76 bits per heavy atom. The highest BCUT2D eigenvalue weighted by molar-refractivity contribution is 7.90. The number of aromatic carboxylic acids is 1. The lowest BCUT2D eigenvalue weighted by Gasteiger charge is -2.20. The van der Waals surface area contributed by atoms with E-state index in [2.05, 4.69) is 4.98 Å². The Labute approximate surface area is 164 Å². The summed E-state index contributed by atoms with van der Waals surface area (Å²) >= 11 is 0. The van der Waals surface area contributed by atoms with Crippen LogP contribution >= 0.6 is 0 Å². The summed E-state index contributed by atoms with van der Waals surface area (Å²) < 4.78 is 65.8. The molecular formula is C19H17F3N2O4S. The number of alkyl halides is 3. The molecule has 0 fully saturated rings. The fourth-order valence-corrected chi connectivity index (χ4v) is 4.41. The van der Waals surface area contributed by atoms with Gasteiger partial charge in [0.2, 0.25) is 0 Å². The largest absolute Gasteiger partial charge is 0.477 e. The lowest BCUT2D eigenvalue weighted by molar-refractivity contribution is -0.141. The average molecular weight is 426 g/mol. The van der Waals surface area contributed by atoms with Crippen molar-refractivity contribution in [3.8, 4) is 0 Å². The molecule has 1 N–H and O–H groups in total. The van der Waals surface area contributed by atoms with Crippen LogP contribution in [0.15, 0.2) is 47.5 Å². The highest BCUT2D eigenvalue weighted by atomic mass is 32.2. The number of nitrogens with zero attached hydrogens (tertiary/aromatic N) is 2. The van der Waals surface area contributed by atoms with E-state index < -0.39 is 33.6 Å². The molecule has 3 aromatic rings. The molecule has 29 heavy (non-hydrogen) atoms. The zero-order valence-corrected chi connectivity index (χ0v) is 16.5. The molecule has 6 nitrogen and oxygen atoms in total. The molecule has 0 aliphatic carbocycles. The van der Waals surface area contributed by atoms with Crippen LogP contribution in [0.2, 0.25) is 0 Å². The van der Waals surface area contributed by atoms with E-state index in [0.29, 0.717) is 15.6 Å². The Kier molecular flexibility index (Phi) is 4.73. The topological polar surface area (TPSA) is 89.3 Å². The predicted octanol–water partition coefficient (Wildman–Crippen LogP) is 4.29. The molecule has 154 valence electrons. The van der Waals surface area contributed by atoms with Crippen molar-refractivity contribution in [2.45, 2.75) is 37.3 Å². The van der Waals surface area contributed by atoms with Crippen molar-refractivity contribution in [2.24, 2.45) is 0 Å². The molecule has 0 radical (unpaired) electrons. The molecular weight excluding hydrogens is 409 g/mol. The Bertz CT molecular complexity index is 1220. The second-order valence-corrected chi connectivity index (χ2v) is 9.29. The van der Waals surface area contributed by atoms with Crippen molar-refractivity contribution >= 4 is 26.9 Å². The molecule has 0 aliphatic heterocycles. The zero-order valence-electron chi connectivity index (χ0n) is 15.6. The van der Waals surface area contributed by atoms with E-state index in [4.69, 9.17) is 0 Å². The van der Waals surface area contributed by atoms with Gasteiger partial charge in [-0.3, -0.25) is 0 Å². The minimum Gasteiger partial charge on any atom is -0.477 e. The molecule has 3 rings (SSSR count). The quantitative estimate of drug-likeness (QED) is 0.675. The number of carboxylic acids is 1. The van der Waals surface area contributed by atoms with Crippen LogP contribution in [0.1, 0.15) is 42.5 Å². The maximum absolute atomic E-state index is 13.2. The Balaban J connectivity index is 2.30. The average Bonchev–Trinajstić information content (AvgIpc) is 3.00. The van der Waals surface area contributed by atoms with E-state index in [1.807, 2.05) is 20.8 Å². The first-order chi connectivity index (χ1) is 13.2. The van der Waals surface area contributed by atoms with Crippen LogP contribution in [0.25, 0.3) is 10.9 Å². The van der Waals surface area contributed by atoms with E-state index in [-0.39, 0.29) is 21.2 Å². The van der Waals surface area contributed by atoms with Gasteiger partial charge in [-0.1, -0.05) is 32.9 Å². The summed E-state index contributed by atoms with van der Waals surface area (Å²) in [5.41, 5.74) is -1.85. The number of rotatable bonds is 3. The van der Waals surface area contributed by atoms with Gasteiger partial charge in [0.15, 0.2) is 0 Å². The highest BCUT2D eigenvalue weighted by Crippen LogP contribution is 2.33. The molecule has 0 bridgehead atoms. The van der Waals surface area contributed by atoms with Crippen LogP contribution in [-0.4, -0.2) is 28.5 Å². The van der Waals surface area contributed by atoms with Gasteiger partial charge in [-0.05, 0) is 35.2 Å². The van der Waals surface area contributed by atoms with Crippen LogP contribution in [0.3, 0.4) is 0 Å². The van der Waals surface area contributed by atoms with Crippen LogP contribution in [0.4, 0.5) is 13.2 Å². The number of aromatic nitrogens is 2. The first-order valence-corrected chi connectivity index (χ1v) is 9.85. The van der Waals surface area contributed by atoms with Crippen LogP contribution < -0.4 is 0 Å². The Hall–Kier alpha value is -2.88. The number of hydrogen-bond donors (Lipinski definition) is 1. The first-order valence-electron chi connectivity index (χ1n) is 8.41. The highest BCUT2D eigenvalue weighted by Gasteiger charge is 2.34. The number of halogens is 3. The molecule has 2 aromatic heterocycles. The van der Waals surface area contributed by atoms with Gasteiger partial charge < -0.3 is 5.11 Å². The van der Waals surface area contributed by atoms with Gasteiger partial charge in [0, 0.05) is 5.39 Å². The molecule has 0 spiro atoms. The number of fused-ring (bicyclic) bond motifs is 1. The third-order valence-electron chi connectivity index (χ3n) is 4.39. The van der Waals surface area contributed by atoms with Gasteiger partial charge in [-0.15, -0.1) is 0 Å². The lowest BCUT2D eigenvalue weighted by Crippen LogP contribution is -2.19. The summed E-state index contributed by atoms with van der Waals surface area (Å²) in [4.78, 5) is 14.7. The SMILES string of the molecule is CC(C)(C)c1cccc(S(=O)(=O)n2c(C(=O)O)cc3cc(C(F)(F)F)ncc32)c1. The number of carbonyl (C=O) groups is 1. The Morgan fingerprint density at radius 3 is 2.31 bits per heavy atom. The van der Waals surface area contributed by atoms with Crippen molar-refractivity contribution in [3.05, 3.63) is 59.5 Å². The minimum atomic E-state index is -4.75. The fraction of sp³-hybridized carbons (Fsp3) is 0.263. The summed E-state index contributed by atoms with van der Waals surface area (Å²) in [5.74, 6) is -1.59. The van der Waals surface area contributed by atoms with E-state index >= 15 is 0 Å². The number of benzene rings is 1. The maximum Gasteiger partial charge on any atom is 0.433 e. The van der Waals surface area contributed by atoms with Gasteiger partial charge >= 0.3 is 12.1 Å². The second-order valence-electron chi connectivity index (χ2n) is 7.51. The van der Waals surface area contributed by atoms with Crippen molar-refractivity contribution in [1.29, 1.82) is 0 Å². The van der Waals surface area contributed by atoms with E-state index in [0.717, 1.165) is 12.3 Å². The molecule has 0 unspecified atom stereocenters. The van der Waals surface area contributed by atoms with Crippen molar-refractivity contribution in [2.75, 3.05) is 0 Å². The van der Waals surface area contributed by atoms with Gasteiger partial charge in [0.05, 0.1) is 16.6 Å². The molecule has 10 heteroatoms. The third-order valence-corrected chi connectivity index (χ3v) is 6.12. The maximum atomic E-state index is 13.2. The summed E-state index contributed by atoms with van der Waals surface area (Å²) in [6.07, 6.45) is -4.03. The molecule has 1 aromatic carbocycles. The monoisotopic (exact) mass is 426 g/mol. The molecule has 0 amide bonds. The first kappa shape index (κ1) is 20.8. The third kappa shape index (κ3) is 3.71. The molecule has 0 saturated carbocycles. The predicted molar refractivity (Wildman–Crippen MR) is 99.4 cm³/mol. The van der Waals surface area contributed by atoms with E-state index in [1.54, 1.807) is 6.07 Å².